The van der Waals surface area contributed by atoms with Crippen molar-refractivity contribution in [3.63, 3.8) is 0 Å². The molecule has 1 N–H and O–H groups in total. The number of nitrogens with one attached hydrogen (secondary N) is 1. The van der Waals surface area contributed by atoms with Crippen LogP contribution in [-0.4, -0.2) is 60.5 Å². The highest BCUT2D eigenvalue weighted by atomic mass is 32.2. The number of nitro groups is 1. The second-order valence-electron chi connectivity index (χ2n) is 7.03. The highest BCUT2D eigenvalue weighted by Gasteiger charge is 2.17. The van der Waals surface area contributed by atoms with Gasteiger partial charge in [0.1, 0.15) is 18.1 Å². The molecule has 0 aliphatic rings. The second-order valence-corrected chi connectivity index (χ2v) is 8.80. The third kappa shape index (κ3) is 5.12. The fourth-order valence-electron chi connectivity index (χ4n) is 3.17. The van der Waals surface area contributed by atoms with Crippen LogP contribution in [0.3, 0.4) is 0 Å². The van der Waals surface area contributed by atoms with Crippen LogP contribution >= 0.6 is 0 Å². The van der Waals surface area contributed by atoms with Crippen LogP contribution in [0, 0.1) is 10.1 Å². The van der Waals surface area contributed by atoms with Crippen molar-refractivity contribution in [3.8, 4) is 28.8 Å². The predicted molar refractivity (Wildman–Crippen MR) is 123 cm³/mol. The van der Waals surface area contributed by atoms with E-state index in [-0.39, 0.29) is 29.6 Å². The maximum Gasteiger partial charge on any atom is 0.269 e. The maximum atomic E-state index is 12.4. The predicted octanol–water partition coefficient (Wildman–Crippen LogP) is 2.07. The van der Waals surface area contributed by atoms with Gasteiger partial charge in [0.2, 0.25) is 15.9 Å². The molecule has 35 heavy (non-hydrogen) atoms. The van der Waals surface area contributed by atoms with Crippen molar-refractivity contribution < 1.29 is 27.6 Å². The number of ether oxygens (including phenoxy) is 3. The zero-order valence-electron chi connectivity index (χ0n) is 18.6. The van der Waals surface area contributed by atoms with E-state index in [4.69, 9.17) is 14.2 Å². The number of nitro benzene ring substituents is 1. The van der Waals surface area contributed by atoms with Gasteiger partial charge in [-0.15, -0.1) is 15.3 Å². The van der Waals surface area contributed by atoms with Gasteiger partial charge in [-0.1, -0.05) is 0 Å². The van der Waals surface area contributed by atoms with Gasteiger partial charge in [-0.3, -0.25) is 10.1 Å². The summed E-state index contributed by atoms with van der Waals surface area (Å²) in [6.45, 7) is -0.0809. The van der Waals surface area contributed by atoms with E-state index in [2.05, 4.69) is 20.0 Å². The molecule has 0 unspecified atom stereocenters. The molecule has 2 heterocycles. The fourth-order valence-corrected chi connectivity index (χ4v) is 4.18. The maximum absolute atomic E-state index is 12.4. The molecule has 0 amide bonds. The van der Waals surface area contributed by atoms with Crippen molar-refractivity contribution in [1.82, 2.24) is 24.5 Å². The third-order valence-corrected chi connectivity index (χ3v) is 6.36. The van der Waals surface area contributed by atoms with Crippen LogP contribution in [0.25, 0.3) is 17.0 Å². The van der Waals surface area contributed by atoms with E-state index in [1.165, 1.54) is 11.6 Å². The molecule has 0 atom stereocenters. The Labute approximate surface area is 199 Å². The van der Waals surface area contributed by atoms with E-state index in [0.717, 1.165) is 24.3 Å². The van der Waals surface area contributed by atoms with Crippen LogP contribution in [0.5, 0.6) is 17.4 Å². The lowest BCUT2D eigenvalue weighted by Crippen LogP contribution is -2.28. The summed E-state index contributed by atoms with van der Waals surface area (Å²) in [4.78, 5) is 10.0. The first-order valence-corrected chi connectivity index (χ1v) is 11.6. The molecule has 0 saturated heterocycles. The zero-order valence-corrected chi connectivity index (χ0v) is 19.4. The molecule has 2 aromatic carbocycles. The van der Waals surface area contributed by atoms with Crippen molar-refractivity contribution in [3.05, 3.63) is 64.7 Å². The average molecular weight is 500 g/mol. The Morgan fingerprint density at radius 1 is 1.03 bits per heavy atom. The van der Waals surface area contributed by atoms with Gasteiger partial charge in [0.15, 0.2) is 11.5 Å². The van der Waals surface area contributed by atoms with Crippen LogP contribution in [-0.2, 0) is 10.0 Å². The van der Waals surface area contributed by atoms with Crippen LogP contribution in [0.2, 0.25) is 0 Å². The molecule has 14 heteroatoms. The monoisotopic (exact) mass is 500 g/mol. The number of benzene rings is 2. The number of sulfonamides is 1. The summed E-state index contributed by atoms with van der Waals surface area (Å²) in [6.07, 6.45) is 0. The van der Waals surface area contributed by atoms with Gasteiger partial charge in [-0.2, -0.15) is 4.52 Å². The molecule has 0 radical (unpaired) electrons. The summed E-state index contributed by atoms with van der Waals surface area (Å²) >= 11 is 0. The molecule has 0 fully saturated rings. The van der Waals surface area contributed by atoms with Gasteiger partial charge in [0, 0.05) is 24.7 Å². The Balaban J connectivity index is 1.46. The van der Waals surface area contributed by atoms with E-state index >= 15 is 0 Å². The normalized spacial score (nSPS) is 11.4. The molecular formula is C21H20N6O7S. The highest BCUT2D eigenvalue weighted by molar-refractivity contribution is 7.89. The van der Waals surface area contributed by atoms with E-state index in [9.17, 15) is 18.5 Å². The fraction of sp³-hybridized carbons (Fsp3) is 0.190. The number of nitrogens with zero attached hydrogens (tertiary/aromatic N) is 5. The van der Waals surface area contributed by atoms with Gasteiger partial charge >= 0.3 is 0 Å². The van der Waals surface area contributed by atoms with Gasteiger partial charge < -0.3 is 14.2 Å². The lowest BCUT2D eigenvalue weighted by Gasteiger charge is -2.10. The van der Waals surface area contributed by atoms with Gasteiger partial charge in [0.25, 0.3) is 5.69 Å². The molecule has 2 aromatic heterocycles. The molecule has 0 bridgehead atoms. The molecule has 13 nitrogen and oxygen atoms in total. The zero-order chi connectivity index (χ0) is 25.0. The number of methoxy groups -OCH3 is 2. The smallest absolute Gasteiger partial charge is 0.269 e. The topological polar surface area (TPSA) is 160 Å². The Bertz CT molecular complexity index is 1470. The van der Waals surface area contributed by atoms with Crippen LogP contribution in [0.15, 0.2) is 59.5 Å². The molecule has 0 spiro atoms. The standard InChI is InChI=1S/C21H20N6O7S/c1-32-15-5-8-18(33-2)17(13-15)21-24-23-19-9-10-20(25-26(19)21)34-12-11-22-35(30,31)16-6-3-14(4-7-16)27(28)29/h3-10,13,22H,11-12H2,1-2H3. The summed E-state index contributed by atoms with van der Waals surface area (Å²) in [7, 11) is -0.779. The minimum atomic E-state index is -3.86. The summed E-state index contributed by atoms with van der Waals surface area (Å²) < 4.78 is 44.9. The van der Waals surface area contributed by atoms with Crippen molar-refractivity contribution in [2.24, 2.45) is 0 Å². The van der Waals surface area contributed by atoms with Gasteiger partial charge in [-0.05, 0) is 36.4 Å². The number of fused-ring (bicyclic) bond motifs is 1. The number of hydrogen-bond donors (Lipinski definition) is 1. The summed E-state index contributed by atoms with van der Waals surface area (Å²) in [5.41, 5.74) is 0.879. The molecule has 0 aliphatic carbocycles. The van der Waals surface area contributed by atoms with Gasteiger partial charge in [0.05, 0.1) is 29.6 Å². The minimum absolute atomic E-state index is 0.0232. The average Bonchev–Trinajstić information content (AvgIpc) is 3.29. The molecule has 0 aliphatic heterocycles. The number of rotatable bonds is 10. The molecule has 182 valence electrons. The summed E-state index contributed by atoms with van der Waals surface area (Å²) in [6, 6.07) is 13.1. The molecule has 4 rings (SSSR count). The van der Waals surface area contributed by atoms with Crippen molar-refractivity contribution >= 4 is 21.4 Å². The second kappa shape index (κ2) is 9.90. The summed E-state index contributed by atoms with van der Waals surface area (Å²) in [5, 5.41) is 23.4. The number of hydrogen-bond acceptors (Lipinski definition) is 10. The minimum Gasteiger partial charge on any atom is -0.497 e. The van der Waals surface area contributed by atoms with E-state index < -0.39 is 14.9 Å². The van der Waals surface area contributed by atoms with E-state index in [1.54, 1.807) is 37.4 Å². The quantitative estimate of drug-likeness (QED) is 0.194. The van der Waals surface area contributed by atoms with Crippen molar-refractivity contribution in [1.29, 1.82) is 0 Å². The molecular weight excluding hydrogens is 480 g/mol. The first kappa shape index (κ1) is 23.8. The molecule has 0 saturated carbocycles. The SMILES string of the molecule is COc1ccc(OC)c(-c2nnc3ccc(OCCNS(=O)(=O)c4ccc([N+](=O)[O-])cc4)nn23)c1. The lowest BCUT2D eigenvalue weighted by atomic mass is 10.2. The summed E-state index contributed by atoms with van der Waals surface area (Å²) in [5.74, 6) is 1.77. The Hall–Kier alpha value is -4.30. The highest BCUT2D eigenvalue weighted by Crippen LogP contribution is 2.32. The Morgan fingerprint density at radius 2 is 1.80 bits per heavy atom. The van der Waals surface area contributed by atoms with Crippen LogP contribution in [0.4, 0.5) is 5.69 Å². The van der Waals surface area contributed by atoms with Gasteiger partial charge in [-0.25, -0.2) is 13.1 Å². The van der Waals surface area contributed by atoms with E-state index in [1.807, 2.05) is 0 Å². The third-order valence-electron chi connectivity index (χ3n) is 4.89. The first-order valence-electron chi connectivity index (χ1n) is 10.1. The number of non-ortho nitro benzene ring substituents is 1. The molecule has 4 aromatic rings. The number of aromatic nitrogens is 4. The van der Waals surface area contributed by atoms with Crippen LogP contribution in [0.1, 0.15) is 0 Å². The largest absolute Gasteiger partial charge is 0.497 e. The van der Waals surface area contributed by atoms with Crippen LogP contribution < -0.4 is 18.9 Å². The van der Waals surface area contributed by atoms with E-state index in [0.29, 0.717) is 28.5 Å². The lowest BCUT2D eigenvalue weighted by molar-refractivity contribution is -0.384. The van der Waals surface area contributed by atoms with Crippen molar-refractivity contribution in [2.75, 3.05) is 27.4 Å². The Morgan fingerprint density at radius 3 is 2.49 bits per heavy atom. The Kier molecular flexibility index (Phi) is 6.75. The first-order chi connectivity index (χ1) is 16.8. The van der Waals surface area contributed by atoms with Crippen molar-refractivity contribution in [2.45, 2.75) is 4.90 Å².